The minimum absolute atomic E-state index is 0.512. The first-order chi connectivity index (χ1) is 9.19. The third kappa shape index (κ3) is 2.11. The van der Waals surface area contributed by atoms with Crippen LogP contribution in [0.3, 0.4) is 0 Å². The quantitative estimate of drug-likeness (QED) is 0.777. The number of hydrogen-bond acceptors (Lipinski definition) is 2. The van der Waals surface area contributed by atoms with Gasteiger partial charge in [0.1, 0.15) is 0 Å². The van der Waals surface area contributed by atoms with Crippen molar-refractivity contribution in [1.82, 2.24) is 9.55 Å². The summed E-state index contributed by atoms with van der Waals surface area (Å²) in [6, 6.07) is 12.0. The van der Waals surface area contributed by atoms with E-state index in [4.69, 9.17) is 17.3 Å². The molecular weight excluding hydrogens is 258 g/mol. The highest BCUT2D eigenvalue weighted by molar-refractivity contribution is 6.31. The molecule has 0 spiro atoms. The van der Waals surface area contributed by atoms with Crippen molar-refractivity contribution in [3.8, 4) is 11.4 Å². The molecule has 0 aliphatic rings. The molecule has 4 heteroatoms. The summed E-state index contributed by atoms with van der Waals surface area (Å²) in [5.74, 6) is 0. The Morgan fingerprint density at radius 2 is 2.05 bits per heavy atom. The zero-order valence-corrected chi connectivity index (χ0v) is 11.4. The van der Waals surface area contributed by atoms with Crippen molar-refractivity contribution < 1.29 is 0 Å². The summed E-state index contributed by atoms with van der Waals surface area (Å²) in [5, 5.41) is 1.90. The van der Waals surface area contributed by atoms with E-state index >= 15 is 0 Å². The van der Waals surface area contributed by atoms with Gasteiger partial charge in [0.05, 0.1) is 11.4 Å². The second-order valence-corrected chi connectivity index (χ2v) is 4.98. The third-order valence-corrected chi connectivity index (χ3v) is 3.57. The predicted molar refractivity (Wildman–Crippen MR) is 79.1 cm³/mol. The largest absolute Gasteiger partial charge is 0.342 e. The molecule has 0 unspecified atom stereocenters. The van der Waals surface area contributed by atoms with Gasteiger partial charge in [-0.1, -0.05) is 23.7 Å². The van der Waals surface area contributed by atoms with Gasteiger partial charge in [-0.25, -0.2) is 0 Å². The summed E-state index contributed by atoms with van der Waals surface area (Å²) in [6.45, 7) is 0.512. The van der Waals surface area contributed by atoms with Crippen molar-refractivity contribution >= 4 is 22.5 Å². The highest BCUT2D eigenvalue weighted by Gasteiger charge is 2.09. The molecule has 19 heavy (non-hydrogen) atoms. The van der Waals surface area contributed by atoms with E-state index in [2.05, 4.69) is 15.6 Å². The number of aromatic nitrogens is 2. The molecule has 0 atom stereocenters. The molecule has 2 aromatic heterocycles. The monoisotopic (exact) mass is 271 g/mol. The van der Waals surface area contributed by atoms with Crippen LogP contribution in [-0.2, 0) is 13.6 Å². The van der Waals surface area contributed by atoms with E-state index < -0.39 is 0 Å². The molecule has 1 aromatic carbocycles. The fourth-order valence-electron chi connectivity index (χ4n) is 2.25. The zero-order chi connectivity index (χ0) is 13.4. The topological polar surface area (TPSA) is 43.8 Å². The fourth-order valence-corrected chi connectivity index (χ4v) is 2.41. The Labute approximate surface area is 116 Å². The Hall–Kier alpha value is -1.84. The SMILES string of the molecule is Cn1c(-c2ccc(CN)cn2)cc2ccc(Cl)cc21. The lowest BCUT2D eigenvalue weighted by atomic mass is 10.2. The van der Waals surface area contributed by atoms with Crippen molar-refractivity contribution in [3.63, 3.8) is 0 Å². The van der Waals surface area contributed by atoms with Crippen LogP contribution >= 0.6 is 11.6 Å². The van der Waals surface area contributed by atoms with Crippen molar-refractivity contribution in [1.29, 1.82) is 0 Å². The molecular formula is C15H14ClN3. The van der Waals surface area contributed by atoms with Gasteiger partial charge in [-0.05, 0) is 29.8 Å². The van der Waals surface area contributed by atoms with Gasteiger partial charge < -0.3 is 10.3 Å². The Morgan fingerprint density at radius 3 is 2.74 bits per heavy atom. The van der Waals surface area contributed by atoms with Gasteiger partial charge in [0.15, 0.2) is 0 Å². The van der Waals surface area contributed by atoms with Gasteiger partial charge in [-0.15, -0.1) is 0 Å². The lowest BCUT2D eigenvalue weighted by molar-refractivity contribution is 0.966. The molecule has 96 valence electrons. The Bertz CT molecular complexity index is 729. The minimum atomic E-state index is 0.512. The Balaban J connectivity index is 2.16. The molecule has 2 N–H and O–H groups in total. The first-order valence-corrected chi connectivity index (χ1v) is 6.47. The van der Waals surface area contributed by atoms with Crippen LogP contribution < -0.4 is 5.73 Å². The van der Waals surface area contributed by atoms with Crippen molar-refractivity contribution in [3.05, 3.63) is 53.2 Å². The summed E-state index contributed by atoms with van der Waals surface area (Å²) in [7, 11) is 2.02. The van der Waals surface area contributed by atoms with E-state index in [1.165, 1.54) is 0 Å². The maximum atomic E-state index is 6.04. The summed E-state index contributed by atoms with van der Waals surface area (Å²) < 4.78 is 2.10. The molecule has 0 amide bonds. The number of nitrogens with two attached hydrogens (primary N) is 1. The first-order valence-electron chi connectivity index (χ1n) is 6.09. The van der Waals surface area contributed by atoms with Crippen LogP contribution in [0.25, 0.3) is 22.3 Å². The molecule has 2 heterocycles. The zero-order valence-electron chi connectivity index (χ0n) is 10.6. The highest BCUT2D eigenvalue weighted by Crippen LogP contribution is 2.27. The van der Waals surface area contributed by atoms with Crippen LogP contribution in [0.2, 0.25) is 5.02 Å². The van der Waals surface area contributed by atoms with E-state index in [1.807, 2.05) is 43.6 Å². The molecule has 3 aromatic rings. The molecule has 3 rings (SSSR count). The second kappa shape index (κ2) is 4.68. The molecule has 0 saturated heterocycles. The van der Waals surface area contributed by atoms with Gasteiger partial charge >= 0.3 is 0 Å². The van der Waals surface area contributed by atoms with Gasteiger partial charge in [0.2, 0.25) is 0 Å². The summed E-state index contributed by atoms with van der Waals surface area (Å²) in [5.41, 5.74) is 9.73. The van der Waals surface area contributed by atoms with Gasteiger partial charge in [-0.3, -0.25) is 4.98 Å². The molecule has 0 fully saturated rings. The first kappa shape index (κ1) is 12.2. The molecule has 0 aliphatic carbocycles. The molecule has 0 aliphatic heterocycles. The highest BCUT2D eigenvalue weighted by atomic mass is 35.5. The van der Waals surface area contributed by atoms with Gasteiger partial charge in [0, 0.05) is 35.7 Å². The number of rotatable bonds is 2. The number of benzene rings is 1. The maximum absolute atomic E-state index is 6.04. The molecule has 0 bridgehead atoms. The average Bonchev–Trinajstić information content (AvgIpc) is 2.76. The van der Waals surface area contributed by atoms with Crippen LogP contribution in [0.1, 0.15) is 5.56 Å². The van der Waals surface area contributed by atoms with E-state index in [9.17, 15) is 0 Å². The lowest BCUT2D eigenvalue weighted by Gasteiger charge is -2.04. The molecule has 3 nitrogen and oxygen atoms in total. The normalized spacial score (nSPS) is 11.1. The summed E-state index contributed by atoms with van der Waals surface area (Å²) in [6.07, 6.45) is 1.82. The van der Waals surface area contributed by atoms with E-state index in [0.29, 0.717) is 6.54 Å². The Morgan fingerprint density at radius 1 is 1.21 bits per heavy atom. The standard InChI is InChI=1S/C15H14ClN3/c1-19-14-7-12(16)4-3-11(14)6-15(19)13-5-2-10(8-17)9-18-13/h2-7,9H,8,17H2,1H3. The van der Waals surface area contributed by atoms with E-state index in [-0.39, 0.29) is 0 Å². The van der Waals surface area contributed by atoms with Crippen LogP contribution in [0.5, 0.6) is 0 Å². The molecule has 0 radical (unpaired) electrons. The van der Waals surface area contributed by atoms with Crippen molar-refractivity contribution in [2.45, 2.75) is 6.54 Å². The number of hydrogen-bond donors (Lipinski definition) is 1. The number of aryl methyl sites for hydroxylation is 1. The number of fused-ring (bicyclic) bond motifs is 1. The second-order valence-electron chi connectivity index (χ2n) is 4.55. The van der Waals surface area contributed by atoms with Crippen LogP contribution in [-0.4, -0.2) is 9.55 Å². The number of pyridine rings is 1. The Kier molecular flexibility index (Phi) is 3.01. The summed E-state index contributed by atoms with van der Waals surface area (Å²) >= 11 is 6.04. The number of halogens is 1. The molecule has 0 saturated carbocycles. The van der Waals surface area contributed by atoms with Crippen LogP contribution in [0.4, 0.5) is 0 Å². The smallest absolute Gasteiger partial charge is 0.0866 e. The lowest BCUT2D eigenvalue weighted by Crippen LogP contribution is -1.98. The van der Waals surface area contributed by atoms with E-state index in [0.717, 1.165) is 32.9 Å². The average molecular weight is 272 g/mol. The van der Waals surface area contributed by atoms with E-state index in [1.54, 1.807) is 0 Å². The van der Waals surface area contributed by atoms with Crippen LogP contribution in [0.15, 0.2) is 42.6 Å². The third-order valence-electron chi connectivity index (χ3n) is 3.33. The minimum Gasteiger partial charge on any atom is -0.342 e. The predicted octanol–water partition coefficient (Wildman–Crippen LogP) is 3.35. The summed E-state index contributed by atoms with van der Waals surface area (Å²) in [4.78, 5) is 4.46. The van der Waals surface area contributed by atoms with Gasteiger partial charge in [-0.2, -0.15) is 0 Å². The maximum Gasteiger partial charge on any atom is 0.0866 e. The van der Waals surface area contributed by atoms with Crippen molar-refractivity contribution in [2.75, 3.05) is 0 Å². The van der Waals surface area contributed by atoms with Crippen molar-refractivity contribution in [2.24, 2.45) is 12.8 Å². The van der Waals surface area contributed by atoms with Gasteiger partial charge in [0.25, 0.3) is 0 Å². The number of nitrogens with zero attached hydrogens (tertiary/aromatic N) is 2. The van der Waals surface area contributed by atoms with Crippen LogP contribution in [0, 0.1) is 0 Å². The fraction of sp³-hybridized carbons (Fsp3) is 0.133.